The van der Waals surface area contributed by atoms with Gasteiger partial charge in [-0.3, -0.25) is 9.29 Å². The highest BCUT2D eigenvalue weighted by Gasteiger charge is 2.20. The minimum Gasteiger partial charge on any atom is -0.408 e. The molecule has 150 valence electrons. The number of anilines is 1. The molecule has 0 unspecified atom stereocenters. The second-order valence-electron chi connectivity index (χ2n) is 6.04. The molecule has 0 aliphatic heterocycles. The third-order valence-electron chi connectivity index (χ3n) is 3.99. The Morgan fingerprint density at radius 2 is 2.03 bits per heavy atom. The first-order valence-electron chi connectivity index (χ1n) is 8.13. The van der Waals surface area contributed by atoms with E-state index in [4.69, 9.17) is 8.94 Å². The van der Waals surface area contributed by atoms with Crippen molar-refractivity contribution in [3.05, 3.63) is 69.0 Å². The molecule has 2 aromatic heterocycles. The molecule has 1 N–H and O–H groups in total. The summed E-state index contributed by atoms with van der Waals surface area (Å²) in [6, 6.07) is 7.82. The number of rotatable bonds is 5. The first kappa shape index (κ1) is 19.3. The van der Waals surface area contributed by atoms with Gasteiger partial charge in [-0.1, -0.05) is 21.1 Å². The van der Waals surface area contributed by atoms with E-state index in [2.05, 4.69) is 30.8 Å². The van der Waals surface area contributed by atoms with E-state index in [-0.39, 0.29) is 28.5 Å². The van der Waals surface area contributed by atoms with E-state index in [0.29, 0.717) is 15.9 Å². The number of hydrogen-bond acceptors (Lipinski definition) is 7. The Kier molecular flexibility index (Phi) is 4.74. The fourth-order valence-corrected chi connectivity index (χ4v) is 4.10. The quantitative estimate of drug-likeness (QED) is 0.463. The molecule has 0 radical (unpaired) electrons. The second-order valence-corrected chi connectivity index (χ2v) is 8.64. The predicted octanol–water partition coefficient (Wildman–Crippen LogP) is 3.04. The van der Waals surface area contributed by atoms with Crippen molar-refractivity contribution in [1.29, 1.82) is 0 Å². The molecule has 12 heteroatoms. The van der Waals surface area contributed by atoms with Crippen LogP contribution < -0.4 is 10.5 Å². The first-order chi connectivity index (χ1) is 13.7. The maximum Gasteiger partial charge on any atom is 0.420 e. The van der Waals surface area contributed by atoms with Crippen LogP contribution in [0.2, 0.25) is 0 Å². The van der Waals surface area contributed by atoms with Crippen LogP contribution in [0.25, 0.3) is 11.1 Å². The lowest BCUT2D eigenvalue weighted by Gasteiger charge is -2.09. The normalized spacial score (nSPS) is 11.8. The van der Waals surface area contributed by atoms with Gasteiger partial charge in [0.25, 0.3) is 10.0 Å². The van der Waals surface area contributed by atoms with E-state index in [9.17, 15) is 17.6 Å². The number of aromatic nitrogens is 3. The Labute approximate surface area is 171 Å². The van der Waals surface area contributed by atoms with Crippen LogP contribution in [0.15, 0.2) is 59.5 Å². The molecule has 0 saturated carbocycles. The minimum atomic E-state index is -4.12. The molecule has 0 aliphatic carbocycles. The van der Waals surface area contributed by atoms with E-state index in [1.165, 1.54) is 34.9 Å². The number of nitrogens with one attached hydrogen (secondary N) is 1. The molecule has 4 aromatic rings. The standard InChI is InChI=1S/C17H12BrFN4O5S/c1-9-20-16(21-28-9)8-23-14-5-3-11(7-15(14)27-17(23)24)29(25,26)22-13-4-2-10(18)6-12(13)19/h2-7,22H,8H2,1H3. The number of benzene rings is 2. The van der Waals surface area contributed by atoms with Crippen molar-refractivity contribution in [1.82, 2.24) is 14.7 Å². The summed E-state index contributed by atoms with van der Waals surface area (Å²) in [5.41, 5.74) is 0.195. The summed E-state index contributed by atoms with van der Waals surface area (Å²) < 4.78 is 53.1. The van der Waals surface area contributed by atoms with Crippen LogP contribution in [-0.2, 0) is 16.6 Å². The summed E-state index contributed by atoms with van der Waals surface area (Å²) in [5.74, 6) is -0.821. The third-order valence-corrected chi connectivity index (χ3v) is 5.85. The lowest BCUT2D eigenvalue weighted by molar-refractivity contribution is 0.385. The van der Waals surface area contributed by atoms with Gasteiger partial charge < -0.3 is 8.94 Å². The summed E-state index contributed by atoms with van der Waals surface area (Å²) >= 11 is 3.11. The first-order valence-corrected chi connectivity index (χ1v) is 10.4. The van der Waals surface area contributed by atoms with Gasteiger partial charge in [-0.25, -0.2) is 17.6 Å². The Hall–Kier alpha value is -2.99. The van der Waals surface area contributed by atoms with E-state index >= 15 is 0 Å². The third kappa shape index (κ3) is 3.80. The van der Waals surface area contributed by atoms with Crippen molar-refractivity contribution in [2.45, 2.75) is 18.4 Å². The molecule has 29 heavy (non-hydrogen) atoms. The molecule has 0 aliphatic rings. The molecule has 0 atom stereocenters. The van der Waals surface area contributed by atoms with Gasteiger partial charge in [-0.2, -0.15) is 4.98 Å². The number of halogens is 2. The summed E-state index contributed by atoms with van der Waals surface area (Å²) in [5, 5.41) is 3.72. The Morgan fingerprint density at radius 3 is 2.72 bits per heavy atom. The molecule has 2 heterocycles. The topological polar surface area (TPSA) is 120 Å². The maximum atomic E-state index is 14.0. The smallest absolute Gasteiger partial charge is 0.408 e. The van der Waals surface area contributed by atoms with Crippen LogP contribution in [-0.4, -0.2) is 23.1 Å². The maximum absolute atomic E-state index is 14.0. The van der Waals surface area contributed by atoms with Gasteiger partial charge in [0.15, 0.2) is 11.4 Å². The number of oxazole rings is 1. The molecule has 0 spiro atoms. The van der Waals surface area contributed by atoms with Gasteiger partial charge in [0.1, 0.15) is 5.82 Å². The van der Waals surface area contributed by atoms with Crippen molar-refractivity contribution in [2.24, 2.45) is 0 Å². The second kappa shape index (κ2) is 7.12. The van der Waals surface area contributed by atoms with Crippen molar-refractivity contribution in [3.8, 4) is 0 Å². The van der Waals surface area contributed by atoms with Crippen LogP contribution >= 0.6 is 15.9 Å². The molecule has 0 amide bonds. The zero-order valence-electron chi connectivity index (χ0n) is 14.7. The number of sulfonamides is 1. The average Bonchev–Trinajstić information content (AvgIpc) is 3.20. The van der Waals surface area contributed by atoms with Crippen LogP contribution in [0.5, 0.6) is 0 Å². The fourth-order valence-electron chi connectivity index (χ4n) is 2.69. The van der Waals surface area contributed by atoms with E-state index in [0.717, 1.165) is 6.07 Å². The molecule has 0 bridgehead atoms. The van der Waals surface area contributed by atoms with Gasteiger partial charge >= 0.3 is 5.76 Å². The predicted molar refractivity (Wildman–Crippen MR) is 104 cm³/mol. The van der Waals surface area contributed by atoms with Crippen molar-refractivity contribution in [3.63, 3.8) is 0 Å². The largest absolute Gasteiger partial charge is 0.420 e. The SMILES string of the molecule is Cc1nc(Cn2c(=O)oc3cc(S(=O)(=O)Nc4ccc(Br)cc4F)ccc32)no1. The summed E-state index contributed by atoms with van der Waals surface area (Å²) in [4.78, 5) is 16.0. The summed E-state index contributed by atoms with van der Waals surface area (Å²) in [6.45, 7) is 1.61. The van der Waals surface area contributed by atoms with Crippen molar-refractivity contribution >= 4 is 42.7 Å². The van der Waals surface area contributed by atoms with Crippen molar-refractivity contribution < 1.29 is 21.7 Å². The lowest BCUT2D eigenvalue weighted by Crippen LogP contribution is -2.16. The van der Waals surface area contributed by atoms with Gasteiger partial charge in [0.05, 0.1) is 22.6 Å². The number of fused-ring (bicyclic) bond motifs is 1. The van der Waals surface area contributed by atoms with Crippen molar-refractivity contribution in [2.75, 3.05) is 4.72 Å². The monoisotopic (exact) mass is 482 g/mol. The van der Waals surface area contributed by atoms with Crippen LogP contribution in [0.1, 0.15) is 11.7 Å². The zero-order chi connectivity index (χ0) is 20.8. The highest BCUT2D eigenvalue weighted by Crippen LogP contribution is 2.24. The molecular weight excluding hydrogens is 471 g/mol. The van der Waals surface area contributed by atoms with Crippen LogP contribution in [0.4, 0.5) is 10.1 Å². The lowest BCUT2D eigenvalue weighted by atomic mass is 10.3. The number of hydrogen-bond donors (Lipinski definition) is 1. The van der Waals surface area contributed by atoms with E-state index < -0.39 is 21.6 Å². The highest BCUT2D eigenvalue weighted by atomic mass is 79.9. The van der Waals surface area contributed by atoms with Crippen LogP contribution in [0.3, 0.4) is 0 Å². The van der Waals surface area contributed by atoms with E-state index in [1.807, 2.05) is 0 Å². The molecule has 0 fully saturated rings. The van der Waals surface area contributed by atoms with Gasteiger partial charge in [0.2, 0.25) is 5.89 Å². The number of aryl methyl sites for hydroxylation is 1. The molecule has 0 saturated heterocycles. The van der Waals surface area contributed by atoms with Gasteiger partial charge in [-0.05, 0) is 30.3 Å². The van der Waals surface area contributed by atoms with Crippen LogP contribution in [0, 0.1) is 12.7 Å². The fraction of sp³-hybridized carbons (Fsp3) is 0.118. The van der Waals surface area contributed by atoms with Gasteiger partial charge in [0, 0.05) is 17.5 Å². The number of nitrogens with zero attached hydrogens (tertiary/aromatic N) is 3. The highest BCUT2D eigenvalue weighted by molar-refractivity contribution is 9.10. The average molecular weight is 483 g/mol. The molecule has 2 aromatic carbocycles. The Morgan fingerprint density at radius 1 is 1.24 bits per heavy atom. The van der Waals surface area contributed by atoms with E-state index in [1.54, 1.807) is 6.92 Å². The minimum absolute atomic E-state index is 0.00236. The molecular formula is C17H12BrFN4O5S. The zero-order valence-corrected chi connectivity index (χ0v) is 17.1. The Balaban J connectivity index is 1.69. The molecule has 9 nitrogen and oxygen atoms in total. The summed E-state index contributed by atoms with van der Waals surface area (Å²) in [7, 11) is -4.12. The molecule has 4 rings (SSSR count). The Bertz CT molecular complexity index is 1390. The van der Waals surface area contributed by atoms with Gasteiger partial charge in [-0.15, -0.1) is 0 Å². The summed E-state index contributed by atoms with van der Waals surface area (Å²) in [6.07, 6.45) is 0.